The third-order valence-electron chi connectivity index (χ3n) is 4.42. The van der Waals surface area contributed by atoms with Crippen LogP contribution in [0.4, 0.5) is 0 Å². The van der Waals surface area contributed by atoms with Gasteiger partial charge in [-0.1, -0.05) is 20.8 Å². The summed E-state index contributed by atoms with van der Waals surface area (Å²) in [5.41, 5.74) is 3.79. The van der Waals surface area contributed by atoms with Gasteiger partial charge in [0.1, 0.15) is 17.6 Å². The number of carbonyl (C=O) groups is 1. The maximum atomic E-state index is 12.9. The van der Waals surface area contributed by atoms with Gasteiger partial charge in [0, 0.05) is 17.4 Å². The first-order valence-electron chi connectivity index (χ1n) is 9.26. The fourth-order valence-corrected chi connectivity index (χ4v) is 3.48. The molecule has 0 bridgehead atoms. The van der Waals surface area contributed by atoms with Gasteiger partial charge in [0.2, 0.25) is 5.43 Å². The number of nitrogens with zero attached hydrogens (tertiary/aromatic N) is 1. The third kappa shape index (κ3) is 3.94. The molecule has 7 heteroatoms. The Bertz CT molecular complexity index is 1020. The van der Waals surface area contributed by atoms with Crippen molar-refractivity contribution in [3.63, 3.8) is 0 Å². The van der Waals surface area contributed by atoms with Crippen LogP contribution < -0.4 is 10.2 Å². The Balaban J connectivity index is 2.06. The predicted molar refractivity (Wildman–Crippen MR) is 109 cm³/mol. The van der Waals surface area contributed by atoms with Crippen LogP contribution in [0.25, 0.3) is 22.2 Å². The molecule has 0 aliphatic rings. The molecule has 1 atom stereocenters. The van der Waals surface area contributed by atoms with Gasteiger partial charge in [-0.2, -0.15) is 0 Å². The first-order valence-corrected chi connectivity index (χ1v) is 10.2. The zero-order chi connectivity index (χ0) is 20.3. The topological polar surface area (TPSA) is 78.6 Å². The number of thiazole rings is 1. The summed E-state index contributed by atoms with van der Waals surface area (Å²) in [5.74, 6) is 0.0461. The standard InChI is InChI=1S/C21H23NO5S/c1-5-13-7-14-18(26-9-15(19(14)23)16-10-28-11-22-16)8-17(13)27-20(12(3)4)21(24)25-6-2/h7-12,20H,5-6H2,1-4H3. The minimum absolute atomic E-state index is 0.0708. The number of hydrogen-bond donors (Lipinski definition) is 0. The van der Waals surface area contributed by atoms with Gasteiger partial charge in [0.25, 0.3) is 0 Å². The van der Waals surface area contributed by atoms with Crippen molar-refractivity contribution in [2.45, 2.75) is 40.2 Å². The Kier molecular flexibility index (Phi) is 6.14. The second-order valence-corrected chi connectivity index (χ2v) is 7.42. The molecule has 0 radical (unpaired) electrons. The highest BCUT2D eigenvalue weighted by Crippen LogP contribution is 2.29. The molecule has 0 aliphatic heterocycles. The van der Waals surface area contributed by atoms with E-state index < -0.39 is 12.1 Å². The molecular weight excluding hydrogens is 378 g/mol. The summed E-state index contributed by atoms with van der Waals surface area (Å²) in [6, 6.07) is 3.45. The smallest absolute Gasteiger partial charge is 0.347 e. The van der Waals surface area contributed by atoms with Gasteiger partial charge in [0.05, 0.1) is 28.8 Å². The molecule has 0 fully saturated rings. The molecule has 2 aromatic heterocycles. The van der Waals surface area contributed by atoms with E-state index in [4.69, 9.17) is 13.9 Å². The number of esters is 1. The summed E-state index contributed by atoms with van der Waals surface area (Å²) < 4.78 is 16.9. The molecule has 6 nitrogen and oxygen atoms in total. The summed E-state index contributed by atoms with van der Waals surface area (Å²) in [5, 5.41) is 2.27. The molecule has 148 valence electrons. The number of benzene rings is 1. The van der Waals surface area contributed by atoms with Crippen molar-refractivity contribution >= 4 is 28.3 Å². The zero-order valence-corrected chi connectivity index (χ0v) is 17.2. The lowest BCUT2D eigenvalue weighted by Crippen LogP contribution is -2.34. The normalized spacial score (nSPS) is 12.3. The highest BCUT2D eigenvalue weighted by molar-refractivity contribution is 7.07. The van der Waals surface area contributed by atoms with Crippen molar-refractivity contribution in [1.82, 2.24) is 4.98 Å². The van der Waals surface area contributed by atoms with E-state index in [0.29, 0.717) is 34.4 Å². The zero-order valence-electron chi connectivity index (χ0n) is 16.4. The van der Waals surface area contributed by atoms with E-state index in [-0.39, 0.29) is 18.0 Å². The lowest BCUT2D eigenvalue weighted by atomic mass is 10.0. The van der Waals surface area contributed by atoms with E-state index in [1.807, 2.05) is 26.2 Å². The largest absolute Gasteiger partial charge is 0.478 e. The molecule has 0 spiro atoms. The molecule has 0 saturated heterocycles. The minimum Gasteiger partial charge on any atom is -0.478 e. The number of fused-ring (bicyclic) bond motifs is 1. The quantitative estimate of drug-likeness (QED) is 0.545. The molecule has 0 amide bonds. The molecular formula is C21H23NO5S. The van der Waals surface area contributed by atoms with Gasteiger partial charge in [0.15, 0.2) is 6.10 Å². The summed E-state index contributed by atoms with van der Waals surface area (Å²) in [6.45, 7) is 7.81. The summed E-state index contributed by atoms with van der Waals surface area (Å²) >= 11 is 1.42. The Morgan fingerprint density at radius 2 is 2.07 bits per heavy atom. The number of hydrogen-bond acceptors (Lipinski definition) is 7. The van der Waals surface area contributed by atoms with Gasteiger partial charge in [-0.25, -0.2) is 9.78 Å². The van der Waals surface area contributed by atoms with Crippen LogP contribution >= 0.6 is 11.3 Å². The van der Waals surface area contributed by atoms with Crippen LogP contribution in [0, 0.1) is 5.92 Å². The van der Waals surface area contributed by atoms with E-state index in [1.54, 1.807) is 24.6 Å². The second kappa shape index (κ2) is 8.56. The number of rotatable bonds is 7. The average Bonchev–Trinajstić information content (AvgIpc) is 3.20. The molecule has 0 aliphatic carbocycles. The first kappa shape index (κ1) is 20.1. The van der Waals surface area contributed by atoms with Gasteiger partial charge in [-0.15, -0.1) is 11.3 Å². The molecule has 3 rings (SSSR count). The maximum absolute atomic E-state index is 12.9. The van der Waals surface area contributed by atoms with E-state index >= 15 is 0 Å². The Morgan fingerprint density at radius 3 is 2.68 bits per heavy atom. The average molecular weight is 401 g/mol. The molecule has 0 N–H and O–H groups in total. The van der Waals surface area contributed by atoms with Crippen molar-refractivity contribution in [1.29, 1.82) is 0 Å². The number of ether oxygens (including phenoxy) is 2. The van der Waals surface area contributed by atoms with Gasteiger partial charge < -0.3 is 13.9 Å². The molecule has 2 heterocycles. The molecule has 28 heavy (non-hydrogen) atoms. The van der Waals surface area contributed by atoms with E-state index in [2.05, 4.69) is 4.98 Å². The fraction of sp³-hybridized carbons (Fsp3) is 0.381. The van der Waals surface area contributed by atoms with Crippen LogP contribution in [0.2, 0.25) is 0 Å². The van der Waals surface area contributed by atoms with E-state index in [0.717, 1.165) is 5.56 Å². The second-order valence-electron chi connectivity index (χ2n) is 6.70. The first-order chi connectivity index (χ1) is 13.5. The highest BCUT2D eigenvalue weighted by atomic mass is 32.1. The van der Waals surface area contributed by atoms with Crippen molar-refractivity contribution in [2.75, 3.05) is 6.61 Å². The third-order valence-corrected chi connectivity index (χ3v) is 5.01. The fourth-order valence-electron chi connectivity index (χ4n) is 2.93. The van der Waals surface area contributed by atoms with Gasteiger partial charge in [-0.3, -0.25) is 4.79 Å². The number of aromatic nitrogens is 1. The van der Waals surface area contributed by atoms with Crippen molar-refractivity contribution in [3.05, 3.63) is 45.1 Å². The Morgan fingerprint density at radius 1 is 1.29 bits per heavy atom. The van der Waals surface area contributed by atoms with Crippen LogP contribution in [0.3, 0.4) is 0 Å². The molecule has 1 unspecified atom stereocenters. The van der Waals surface area contributed by atoms with Crippen LogP contribution in [0.15, 0.2) is 38.5 Å². The SMILES string of the molecule is CCOC(=O)C(Oc1cc2occ(-c3cscn3)c(=O)c2cc1CC)C(C)C. The highest BCUT2D eigenvalue weighted by Gasteiger charge is 2.27. The Hall–Kier alpha value is -2.67. The maximum Gasteiger partial charge on any atom is 0.347 e. The molecule has 0 saturated carbocycles. The van der Waals surface area contributed by atoms with E-state index in [9.17, 15) is 9.59 Å². The lowest BCUT2D eigenvalue weighted by Gasteiger charge is -2.22. The van der Waals surface area contributed by atoms with Crippen LogP contribution in [-0.2, 0) is 16.0 Å². The number of aryl methyl sites for hydroxylation is 1. The lowest BCUT2D eigenvalue weighted by molar-refractivity contribution is -0.153. The molecule has 3 aromatic rings. The van der Waals surface area contributed by atoms with E-state index in [1.165, 1.54) is 17.6 Å². The van der Waals surface area contributed by atoms with Crippen molar-refractivity contribution in [3.8, 4) is 17.0 Å². The van der Waals surface area contributed by atoms with Gasteiger partial charge in [-0.05, 0) is 25.0 Å². The van der Waals surface area contributed by atoms with Crippen molar-refractivity contribution in [2.24, 2.45) is 5.92 Å². The summed E-state index contributed by atoms with van der Waals surface area (Å²) in [7, 11) is 0. The van der Waals surface area contributed by atoms with Crippen molar-refractivity contribution < 1.29 is 18.7 Å². The minimum atomic E-state index is -0.733. The van der Waals surface area contributed by atoms with Crippen LogP contribution in [0.1, 0.15) is 33.3 Å². The number of carbonyl (C=O) groups excluding carboxylic acids is 1. The summed E-state index contributed by atoms with van der Waals surface area (Å²) in [4.78, 5) is 29.4. The monoisotopic (exact) mass is 401 g/mol. The van der Waals surface area contributed by atoms with Gasteiger partial charge >= 0.3 is 5.97 Å². The Labute approximate surface area is 167 Å². The van der Waals surface area contributed by atoms with Crippen LogP contribution in [-0.4, -0.2) is 23.7 Å². The molecule has 1 aromatic carbocycles. The predicted octanol–water partition coefficient (Wildman–Crippen LogP) is 4.45. The van der Waals surface area contributed by atoms with Crippen LogP contribution in [0.5, 0.6) is 5.75 Å². The summed E-state index contributed by atoms with van der Waals surface area (Å²) in [6.07, 6.45) is 1.32.